The van der Waals surface area contributed by atoms with Crippen LogP contribution in [0.3, 0.4) is 0 Å². The van der Waals surface area contributed by atoms with E-state index in [4.69, 9.17) is 11.6 Å². The second-order valence-corrected chi connectivity index (χ2v) is 9.46. The molecule has 1 N–H and O–H groups in total. The quantitative estimate of drug-likeness (QED) is 0.519. The number of aromatic nitrogens is 1. The van der Waals surface area contributed by atoms with Gasteiger partial charge in [-0.2, -0.15) is 0 Å². The number of thioether (sulfide) groups is 1. The van der Waals surface area contributed by atoms with Crippen molar-refractivity contribution in [3.05, 3.63) is 51.3 Å². The molecule has 2 amide bonds. The van der Waals surface area contributed by atoms with Crippen LogP contribution < -0.4 is 5.32 Å². The number of carbonyl (C=O) groups is 2. The van der Waals surface area contributed by atoms with Gasteiger partial charge in [0.1, 0.15) is 9.88 Å². The van der Waals surface area contributed by atoms with Gasteiger partial charge in [-0.15, -0.1) is 22.7 Å². The Morgan fingerprint density at radius 2 is 1.89 bits per heavy atom. The fourth-order valence-corrected chi connectivity index (χ4v) is 4.97. The molecular formula is C18H16ClN3O2S3. The number of hydrogen-bond acceptors (Lipinski definition) is 6. The summed E-state index contributed by atoms with van der Waals surface area (Å²) in [6.07, 6.45) is 0. The molecule has 1 aromatic carbocycles. The van der Waals surface area contributed by atoms with Gasteiger partial charge in [-0.25, -0.2) is 4.98 Å². The lowest BCUT2D eigenvalue weighted by Gasteiger charge is -2.12. The monoisotopic (exact) mass is 437 g/mol. The number of thiophene rings is 1. The molecule has 0 aliphatic carbocycles. The van der Waals surface area contributed by atoms with Gasteiger partial charge in [0, 0.05) is 19.0 Å². The van der Waals surface area contributed by atoms with E-state index in [0.29, 0.717) is 25.5 Å². The first-order valence-electron chi connectivity index (χ1n) is 7.88. The number of thiazole rings is 1. The van der Waals surface area contributed by atoms with Crippen molar-refractivity contribution in [1.82, 2.24) is 9.88 Å². The predicted octanol–water partition coefficient (Wildman–Crippen LogP) is 5.86. The summed E-state index contributed by atoms with van der Waals surface area (Å²) in [5.74, 6) is -0.246. The molecule has 140 valence electrons. The minimum atomic E-state index is -0.246. The maximum absolute atomic E-state index is 12.8. The molecule has 0 aliphatic rings. The summed E-state index contributed by atoms with van der Waals surface area (Å²) in [6, 6.07) is 10.9. The third kappa shape index (κ3) is 4.70. The highest BCUT2D eigenvalue weighted by Gasteiger charge is 2.19. The van der Waals surface area contributed by atoms with E-state index in [0.717, 1.165) is 21.6 Å². The van der Waals surface area contributed by atoms with Crippen molar-refractivity contribution in [2.24, 2.45) is 0 Å². The van der Waals surface area contributed by atoms with Crippen LogP contribution in [0.2, 0.25) is 4.34 Å². The number of carbonyl (C=O) groups excluding carboxylic acids is 2. The highest BCUT2D eigenvalue weighted by molar-refractivity contribution is 8.13. The number of aryl methyl sites for hydroxylation is 1. The average molecular weight is 438 g/mol. The van der Waals surface area contributed by atoms with Crippen LogP contribution in [-0.4, -0.2) is 35.1 Å². The Bertz CT molecular complexity index is 997. The summed E-state index contributed by atoms with van der Waals surface area (Å²) >= 11 is 9.81. The minimum absolute atomic E-state index is 0.109. The van der Waals surface area contributed by atoms with E-state index in [-0.39, 0.29) is 11.1 Å². The topological polar surface area (TPSA) is 62.3 Å². The van der Waals surface area contributed by atoms with Crippen molar-refractivity contribution in [2.45, 2.75) is 11.8 Å². The van der Waals surface area contributed by atoms with E-state index in [2.05, 4.69) is 10.3 Å². The number of nitrogens with zero attached hydrogens (tertiary/aromatic N) is 2. The van der Waals surface area contributed by atoms with Crippen molar-refractivity contribution in [1.29, 1.82) is 0 Å². The predicted molar refractivity (Wildman–Crippen MR) is 115 cm³/mol. The molecule has 27 heavy (non-hydrogen) atoms. The van der Waals surface area contributed by atoms with Crippen LogP contribution in [0.5, 0.6) is 0 Å². The Morgan fingerprint density at radius 1 is 1.15 bits per heavy atom. The van der Waals surface area contributed by atoms with E-state index in [1.807, 2.05) is 24.3 Å². The molecule has 0 aliphatic heterocycles. The molecule has 0 unspecified atom stereocenters. The molecular weight excluding hydrogens is 422 g/mol. The molecule has 0 radical (unpaired) electrons. The van der Waals surface area contributed by atoms with Crippen LogP contribution >= 0.6 is 46.0 Å². The second kappa shape index (κ2) is 8.43. The third-order valence-electron chi connectivity index (χ3n) is 3.48. The molecule has 0 saturated heterocycles. The molecule has 0 atom stereocenters. The van der Waals surface area contributed by atoms with Gasteiger partial charge in [0.25, 0.3) is 11.1 Å². The van der Waals surface area contributed by atoms with Gasteiger partial charge in [-0.1, -0.05) is 23.7 Å². The highest BCUT2D eigenvalue weighted by Crippen LogP contribution is 2.35. The Hall–Kier alpha value is -1.87. The Labute approximate surface area is 174 Å². The molecule has 5 nitrogen and oxygen atoms in total. The number of anilines is 1. The summed E-state index contributed by atoms with van der Waals surface area (Å²) in [7, 11) is 3.38. The van der Waals surface area contributed by atoms with Crippen LogP contribution in [0.1, 0.15) is 15.4 Å². The maximum Gasteiger partial charge on any atom is 0.286 e. The van der Waals surface area contributed by atoms with E-state index < -0.39 is 0 Å². The van der Waals surface area contributed by atoms with Crippen molar-refractivity contribution in [3.63, 3.8) is 0 Å². The first-order valence-corrected chi connectivity index (χ1v) is 10.7. The van der Waals surface area contributed by atoms with Crippen molar-refractivity contribution >= 4 is 62.9 Å². The van der Waals surface area contributed by atoms with Gasteiger partial charge in [0.05, 0.1) is 20.6 Å². The van der Waals surface area contributed by atoms with Gasteiger partial charge in [-0.05, 0) is 43.0 Å². The molecule has 0 bridgehead atoms. The molecule has 9 heteroatoms. The fraction of sp³-hybridized carbons (Fsp3) is 0.167. The number of halogens is 1. The Kier molecular flexibility index (Phi) is 6.21. The lowest BCUT2D eigenvalue weighted by atomic mass is 10.3. The number of amides is 2. The molecule has 2 heterocycles. The van der Waals surface area contributed by atoms with E-state index in [1.54, 1.807) is 33.2 Å². The van der Waals surface area contributed by atoms with Crippen LogP contribution in [-0.2, 0) is 0 Å². The van der Waals surface area contributed by atoms with E-state index >= 15 is 0 Å². The summed E-state index contributed by atoms with van der Waals surface area (Å²) < 4.78 is 0.681. The Morgan fingerprint density at radius 3 is 2.56 bits per heavy atom. The SMILES string of the molecule is Cc1nc(-c2ccc(Cl)s2)sc1C(=O)Nc1ccccc1SC(=O)N(C)C. The molecule has 0 saturated carbocycles. The van der Waals surface area contributed by atoms with Crippen LogP contribution in [0, 0.1) is 6.92 Å². The molecule has 3 rings (SSSR count). The molecule has 2 aromatic heterocycles. The number of benzene rings is 1. The standard InChI is InChI=1S/C18H16ClN3O2S3/c1-10-15(27-17(20-10)13-8-9-14(19)25-13)16(23)21-11-6-4-5-7-12(11)26-18(24)22(2)3/h4-9H,1-3H3,(H,21,23). The molecule has 0 spiro atoms. The van der Waals surface area contributed by atoms with Crippen molar-refractivity contribution in [3.8, 4) is 9.88 Å². The second-order valence-electron chi connectivity index (χ2n) is 5.75. The minimum Gasteiger partial charge on any atom is -0.339 e. The highest BCUT2D eigenvalue weighted by atomic mass is 35.5. The first-order chi connectivity index (χ1) is 12.8. The fourth-order valence-electron chi connectivity index (χ4n) is 2.17. The molecule has 3 aromatic rings. The van der Waals surface area contributed by atoms with E-state index in [9.17, 15) is 9.59 Å². The van der Waals surface area contributed by atoms with Crippen LogP contribution in [0.15, 0.2) is 41.3 Å². The van der Waals surface area contributed by atoms with Crippen LogP contribution in [0.4, 0.5) is 10.5 Å². The number of nitrogens with one attached hydrogen (secondary N) is 1. The van der Waals surface area contributed by atoms with Gasteiger partial charge in [0.2, 0.25) is 0 Å². The lowest BCUT2D eigenvalue weighted by molar-refractivity contribution is 0.102. The lowest BCUT2D eigenvalue weighted by Crippen LogP contribution is -2.17. The van der Waals surface area contributed by atoms with Crippen molar-refractivity contribution < 1.29 is 9.59 Å². The van der Waals surface area contributed by atoms with Gasteiger partial charge < -0.3 is 10.2 Å². The van der Waals surface area contributed by atoms with Gasteiger partial charge in [-0.3, -0.25) is 9.59 Å². The van der Waals surface area contributed by atoms with Gasteiger partial charge >= 0.3 is 0 Å². The smallest absolute Gasteiger partial charge is 0.286 e. The largest absolute Gasteiger partial charge is 0.339 e. The zero-order valence-corrected chi connectivity index (χ0v) is 18.0. The summed E-state index contributed by atoms with van der Waals surface area (Å²) in [5, 5.41) is 3.55. The Balaban J connectivity index is 1.82. The van der Waals surface area contributed by atoms with Crippen LogP contribution in [0.25, 0.3) is 9.88 Å². The number of hydrogen-bond donors (Lipinski definition) is 1. The van der Waals surface area contributed by atoms with Gasteiger partial charge in [0.15, 0.2) is 0 Å². The normalized spacial score (nSPS) is 10.7. The zero-order chi connectivity index (χ0) is 19.6. The summed E-state index contributed by atoms with van der Waals surface area (Å²) in [5.41, 5.74) is 1.25. The number of rotatable bonds is 4. The third-order valence-corrected chi connectivity index (χ3v) is 7.16. The zero-order valence-electron chi connectivity index (χ0n) is 14.8. The first kappa shape index (κ1) is 19.9. The maximum atomic E-state index is 12.8. The number of para-hydroxylation sites is 1. The summed E-state index contributed by atoms with van der Waals surface area (Å²) in [6.45, 7) is 1.81. The summed E-state index contributed by atoms with van der Waals surface area (Å²) in [4.78, 5) is 32.9. The van der Waals surface area contributed by atoms with E-state index in [1.165, 1.54) is 27.6 Å². The molecule has 0 fully saturated rings. The average Bonchev–Trinajstić information content (AvgIpc) is 3.22. The van der Waals surface area contributed by atoms with Crippen molar-refractivity contribution in [2.75, 3.05) is 19.4 Å².